The highest BCUT2D eigenvalue weighted by atomic mass is 32.1. The summed E-state index contributed by atoms with van der Waals surface area (Å²) in [5.41, 5.74) is 0.656. The van der Waals surface area contributed by atoms with Gasteiger partial charge in [0.15, 0.2) is 0 Å². The number of aromatic hydroxyl groups is 1. The Morgan fingerprint density at radius 1 is 1.40 bits per heavy atom. The molecule has 4 nitrogen and oxygen atoms in total. The molecule has 0 radical (unpaired) electrons. The number of fused-ring (bicyclic) bond motifs is 1. The minimum atomic E-state index is 0. The highest BCUT2D eigenvalue weighted by molar-refractivity contribution is 7.21. The van der Waals surface area contributed by atoms with Crippen LogP contribution in [0.1, 0.15) is 11.8 Å². The van der Waals surface area contributed by atoms with Crippen LogP contribution in [0.2, 0.25) is 0 Å². The van der Waals surface area contributed by atoms with E-state index in [1.165, 1.54) is 11.3 Å². The van der Waals surface area contributed by atoms with E-state index in [1.54, 1.807) is 6.92 Å². The standard InChI is InChI=1S/C10H10N2OS.H2O/c1-6(12-11)10-9(13)7-4-2-3-5-8(7)14-10;/h2-5,13H,11H2,1H3;1H2. The molecule has 1 heterocycles. The van der Waals surface area contributed by atoms with Crippen LogP contribution in [0.4, 0.5) is 0 Å². The largest absolute Gasteiger partial charge is 0.506 e. The Kier molecular flexibility index (Phi) is 3.28. The molecule has 0 saturated heterocycles. The van der Waals surface area contributed by atoms with Crippen LogP contribution >= 0.6 is 11.3 Å². The van der Waals surface area contributed by atoms with Gasteiger partial charge in [-0.05, 0) is 19.1 Å². The van der Waals surface area contributed by atoms with Crippen molar-refractivity contribution in [2.45, 2.75) is 6.92 Å². The summed E-state index contributed by atoms with van der Waals surface area (Å²) in [7, 11) is 0. The molecule has 0 fully saturated rings. The summed E-state index contributed by atoms with van der Waals surface area (Å²) in [6.07, 6.45) is 0. The molecular weight excluding hydrogens is 212 g/mol. The molecule has 15 heavy (non-hydrogen) atoms. The molecule has 0 saturated carbocycles. The van der Waals surface area contributed by atoms with Crippen LogP contribution in [-0.2, 0) is 0 Å². The monoisotopic (exact) mass is 224 g/mol. The smallest absolute Gasteiger partial charge is 0.143 e. The zero-order valence-electron chi connectivity index (χ0n) is 8.19. The van der Waals surface area contributed by atoms with Crippen molar-refractivity contribution in [3.63, 3.8) is 0 Å². The van der Waals surface area contributed by atoms with Crippen LogP contribution in [0.3, 0.4) is 0 Å². The molecule has 0 spiro atoms. The lowest BCUT2D eigenvalue weighted by Gasteiger charge is -1.94. The number of benzene rings is 1. The Balaban J connectivity index is 0.00000112. The van der Waals surface area contributed by atoms with Gasteiger partial charge in [0, 0.05) is 10.1 Å². The topological polar surface area (TPSA) is 90.1 Å². The maximum atomic E-state index is 9.87. The zero-order valence-corrected chi connectivity index (χ0v) is 9.01. The second-order valence-corrected chi connectivity index (χ2v) is 4.04. The third kappa shape index (κ3) is 1.79. The zero-order chi connectivity index (χ0) is 10.1. The lowest BCUT2D eigenvalue weighted by molar-refractivity contribution is 0.482. The average Bonchev–Trinajstić information content (AvgIpc) is 2.56. The van der Waals surface area contributed by atoms with Gasteiger partial charge in [0.1, 0.15) is 5.75 Å². The van der Waals surface area contributed by atoms with Gasteiger partial charge in [0.25, 0.3) is 0 Å². The van der Waals surface area contributed by atoms with Crippen molar-refractivity contribution in [1.82, 2.24) is 0 Å². The fourth-order valence-electron chi connectivity index (χ4n) is 1.34. The first-order valence-electron chi connectivity index (χ1n) is 4.19. The summed E-state index contributed by atoms with van der Waals surface area (Å²) in [5, 5.41) is 14.3. The molecule has 2 aromatic rings. The van der Waals surface area contributed by atoms with E-state index in [0.29, 0.717) is 5.71 Å². The summed E-state index contributed by atoms with van der Waals surface area (Å²) in [5.74, 6) is 5.45. The fourth-order valence-corrected chi connectivity index (χ4v) is 2.38. The molecule has 5 heteroatoms. The van der Waals surface area contributed by atoms with E-state index < -0.39 is 0 Å². The van der Waals surface area contributed by atoms with Crippen molar-refractivity contribution >= 4 is 27.1 Å². The van der Waals surface area contributed by atoms with Crippen LogP contribution in [0.25, 0.3) is 10.1 Å². The molecule has 0 aliphatic heterocycles. The van der Waals surface area contributed by atoms with Crippen molar-refractivity contribution in [3.05, 3.63) is 29.1 Å². The summed E-state index contributed by atoms with van der Waals surface area (Å²) >= 11 is 1.50. The Bertz CT molecular complexity index is 505. The van der Waals surface area contributed by atoms with E-state index in [0.717, 1.165) is 15.0 Å². The molecule has 80 valence electrons. The minimum absolute atomic E-state index is 0. The maximum Gasteiger partial charge on any atom is 0.143 e. The number of hydrogen-bond donors (Lipinski definition) is 2. The van der Waals surface area contributed by atoms with Gasteiger partial charge in [-0.25, -0.2) is 0 Å². The van der Waals surface area contributed by atoms with Crippen LogP contribution < -0.4 is 5.84 Å². The van der Waals surface area contributed by atoms with Gasteiger partial charge in [-0.15, -0.1) is 11.3 Å². The number of hydrazone groups is 1. The van der Waals surface area contributed by atoms with Crippen LogP contribution in [0.5, 0.6) is 5.75 Å². The Hall–Kier alpha value is -1.59. The van der Waals surface area contributed by atoms with Gasteiger partial charge < -0.3 is 16.4 Å². The Morgan fingerprint density at radius 2 is 2.07 bits per heavy atom. The molecule has 0 aliphatic carbocycles. The summed E-state index contributed by atoms with van der Waals surface area (Å²) in [4.78, 5) is 0.744. The lowest BCUT2D eigenvalue weighted by atomic mass is 10.2. The molecule has 1 aromatic heterocycles. The SMILES string of the molecule is CC(=NN)c1sc2ccccc2c1O.O. The Morgan fingerprint density at radius 3 is 2.67 bits per heavy atom. The molecule has 0 unspecified atom stereocenters. The van der Waals surface area contributed by atoms with Gasteiger partial charge in [0.2, 0.25) is 0 Å². The highest BCUT2D eigenvalue weighted by Gasteiger charge is 2.12. The van der Waals surface area contributed by atoms with Crippen LogP contribution in [0, 0.1) is 0 Å². The first-order valence-corrected chi connectivity index (χ1v) is 5.01. The van der Waals surface area contributed by atoms with Gasteiger partial charge in [-0.2, -0.15) is 5.10 Å². The number of rotatable bonds is 1. The molecule has 2 rings (SSSR count). The van der Waals surface area contributed by atoms with Crippen molar-refractivity contribution in [3.8, 4) is 5.75 Å². The number of nitrogens with zero attached hydrogens (tertiary/aromatic N) is 1. The van der Waals surface area contributed by atoms with Gasteiger partial charge >= 0.3 is 0 Å². The van der Waals surface area contributed by atoms with E-state index in [-0.39, 0.29) is 11.2 Å². The predicted octanol–water partition coefficient (Wildman–Crippen LogP) is 1.46. The fraction of sp³-hybridized carbons (Fsp3) is 0.100. The second kappa shape index (κ2) is 4.29. The van der Waals surface area contributed by atoms with E-state index in [1.807, 2.05) is 24.3 Å². The summed E-state index contributed by atoms with van der Waals surface area (Å²) in [6, 6.07) is 7.69. The molecule has 0 atom stereocenters. The molecule has 0 aliphatic rings. The normalized spacial score (nSPS) is 11.4. The average molecular weight is 224 g/mol. The molecule has 0 amide bonds. The quantitative estimate of drug-likeness (QED) is 0.436. The second-order valence-electron chi connectivity index (χ2n) is 2.99. The van der Waals surface area contributed by atoms with E-state index in [2.05, 4.69) is 5.10 Å². The predicted molar refractivity (Wildman–Crippen MR) is 63.5 cm³/mol. The Labute approximate surface area is 91.0 Å². The van der Waals surface area contributed by atoms with Crippen LogP contribution in [0.15, 0.2) is 29.4 Å². The lowest BCUT2D eigenvalue weighted by Crippen LogP contribution is -1.95. The first-order chi connectivity index (χ1) is 6.74. The molecule has 5 N–H and O–H groups in total. The van der Waals surface area contributed by atoms with E-state index >= 15 is 0 Å². The third-order valence-corrected chi connectivity index (χ3v) is 3.36. The summed E-state index contributed by atoms with van der Waals surface area (Å²) < 4.78 is 1.04. The van der Waals surface area contributed by atoms with Crippen molar-refractivity contribution < 1.29 is 10.6 Å². The third-order valence-electron chi connectivity index (χ3n) is 2.09. The van der Waals surface area contributed by atoms with Gasteiger partial charge in [-0.1, -0.05) is 12.1 Å². The maximum absolute atomic E-state index is 9.87. The molecule has 1 aromatic carbocycles. The van der Waals surface area contributed by atoms with Crippen molar-refractivity contribution in [2.75, 3.05) is 0 Å². The van der Waals surface area contributed by atoms with Crippen molar-refractivity contribution in [2.24, 2.45) is 10.9 Å². The van der Waals surface area contributed by atoms with E-state index in [9.17, 15) is 5.11 Å². The summed E-state index contributed by atoms with van der Waals surface area (Å²) in [6.45, 7) is 1.78. The molecular formula is C10H12N2O2S. The van der Waals surface area contributed by atoms with Gasteiger partial charge in [-0.3, -0.25) is 0 Å². The first kappa shape index (κ1) is 11.5. The molecule has 0 bridgehead atoms. The van der Waals surface area contributed by atoms with E-state index in [4.69, 9.17) is 5.84 Å². The number of thiophene rings is 1. The van der Waals surface area contributed by atoms with Crippen molar-refractivity contribution in [1.29, 1.82) is 0 Å². The minimum Gasteiger partial charge on any atom is -0.506 e. The number of hydrogen-bond acceptors (Lipinski definition) is 4. The van der Waals surface area contributed by atoms with Crippen LogP contribution in [-0.4, -0.2) is 16.3 Å². The van der Waals surface area contributed by atoms with Gasteiger partial charge in [0.05, 0.1) is 10.6 Å². The number of nitrogens with two attached hydrogens (primary N) is 1. The highest BCUT2D eigenvalue weighted by Crippen LogP contribution is 2.36.